The second-order valence-electron chi connectivity index (χ2n) is 12.8. The lowest BCUT2D eigenvalue weighted by Gasteiger charge is -2.35. The Bertz CT molecular complexity index is 1510. The Labute approximate surface area is 217 Å². The highest BCUT2D eigenvalue weighted by Gasteiger charge is 2.44. The molecule has 0 saturated carbocycles. The average Bonchev–Trinajstić information content (AvgIpc) is 2.97. The summed E-state index contributed by atoms with van der Waals surface area (Å²) in [6.45, 7) is 17.5. The van der Waals surface area contributed by atoms with Crippen molar-refractivity contribution in [3.05, 3.63) is 77.5 Å². The largest absolute Gasteiger partial charge is 0.221 e. The van der Waals surface area contributed by atoms with Gasteiger partial charge in [0.05, 0.1) is 16.4 Å². The van der Waals surface area contributed by atoms with Gasteiger partial charge in [0.1, 0.15) is 0 Å². The van der Waals surface area contributed by atoms with Crippen LogP contribution in [0.1, 0.15) is 83.9 Å². The molecule has 0 atom stereocenters. The Kier molecular flexibility index (Phi) is 5.24. The standard InChI is InChI=1S/C35H40N/c1-8-35(9-2)21-36-16-15-24-18-25(22(3)4)19-29-26-14-13-23(20-34(5,6)7)17-28(26)27-11-10-12-30(35)32(27)33(36)31(24)29/h10-19,22H,8-9,20-21H2,1-7H3/q+1. The fourth-order valence-corrected chi connectivity index (χ4v) is 6.93. The lowest BCUT2D eigenvalue weighted by Crippen LogP contribution is -2.50. The van der Waals surface area contributed by atoms with E-state index in [-0.39, 0.29) is 10.8 Å². The second kappa shape index (κ2) is 8.04. The smallest absolute Gasteiger partial charge is 0.197 e. The van der Waals surface area contributed by atoms with Crippen molar-refractivity contribution in [3.8, 4) is 33.5 Å². The normalized spacial score (nSPS) is 15.2. The SMILES string of the molecule is CCC1(CC)C[n+]2ccc3cc(C(C)C)cc4c3c2-c2c(cccc21)-c1cc(CC(C)(C)C)ccc1-4. The van der Waals surface area contributed by atoms with E-state index in [4.69, 9.17) is 0 Å². The summed E-state index contributed by atoms with van der Waals surface area (Å²) in [7, 11) is 0. The van der Waals surface area contributed by atoms with Crippen LogP contribution in [0.5, 0.6) is 0 Å². The number of hydrogen-bond acceptors (Lipinski definition) is 0. The van der Waals surface area contributed by atoms with Crippen molar-refractivity contribution in [3.63, 3.8) is 0 Å². The van der Waals surface area contributed by atoms with E-state index in [1.165, 1.54) is 55.4 Å². The van der Waals surface area contributed by atoms with Crippen LogP contribution in [0, 0.1) is 5.41 Å². The fraction of sp³-hybridized carbons (Fsp3) is 0.400. The molecule has 0 fully saturated rings. The highest BCUT2D eigenvalue weighted by atomic mass is 15.0. The van der Waals surface area contributed by atoms with Gasteiger partial charge in [0.2, 0.25) is 5.69 Å². The maximum atomic E-state index is 2.58. The molecule has 1 heteroatoms. The van der Waals surface area contributed by atoms with E-state index >= 15 is 0 Å². The minimum atomic E-state index is 0.169. The maximum Gasteiger partial charge on any atom is 0.221 e. The van der Waals surface area contributed by atoms with Crippen molar-refractivity contribution in [2.24, 2.45) is 5.41 Å². The third kappa shape index (κ3) is 3.39. The van der Waals surface area contributed by atoms with Crippen LogP contribution in [0.15, 0.2) is 60.8 Å². The summed E-state index contributed by atoms with van der Waals surface area (Å²) in [5, 5.41) is 2.80. The summed E-state index contributed by atoms with van der Waals surface area (Å²) in [5.74, 6) is 0.493. The molecule has 0 spiro atoms. The van der Waals surface area contributed by atoms with Gasteiger partial charge in [-0.1, -0.05) is 90.9 Å². The first-order chi connectivity index (χ1) is 17.2. The van der Waals surface area contributed by atoms with Crippen molar-refractivity contribution in [1.82, 2.24) is 0 Å². The van der Waals surface area contributed by atoms with Gasteiger partial charge >= 0.3 is 0 Å². The second-order valence-corrected chi connectivity index (χ2v) is 12.8. The molecule has 6 rings (SSSR count). The van der Waals surface area contributed by atoms with Crippen LogP contribution in [0.25, 0.3) is 44.3 Å². The summed E-state index contributed by atoms with van der Waals surface area (Å²) >= 11 is 0. The summed E-state index contributed by atoms with van der Waals surface area (Å²) in [6, 6.07) is 21.7. The molecule has 0 N–H and O–H groups in total. The van der Waals surface area contributed by atoms with Crippen LogP contribution >= 0.6 is 0 Å². The minimum absolute atomic E-state index is 0.169. The van der Waals surface area contributed by atoms with Crippen LogP contribution in [0.2, 0.25) is 0 Å². The molecule has 0 saturated heterocycles. The van der Waals surface area contributed by atoms with E-state index in [0.29, 0.717) is 5.92 Å². The molecule has 1 aliphatic carbocycles. The molecule has 3 aromatic carbocycles. The zero-order valence-corrected chi connectivity index (χ0v) is 23.1. The minimum Gasteiger partial charge on any atom is -0.197 e. The average molecular weight is 475 g/mol. The summed E-state index contributed by atoms with van der Waals surface area (Å²) in [5.41, 5.74) is 13.3. The van der Waals surface area contributed by atoms with Crippen LogP contribution < -0.4 is 4.57 Å². The Morgan fingerprint density at radius 3 is 2.33 bits per heavy atom. The van der Waals surface area contributed by atoms with Crippen LogP contribution in [0.3, 0.4) is 0 Å². The maximum absolute atomic E-state index is 2.58. The van der Waals surface area contributed by atoms with Crippen LogP contribution in [-0.2, 0) is 18.4 Å². The molecule has 0 bridgehead atoms. The first kappa shape index (κ1) is 23.5. The van der Waals surface area contributed by atoms with E-state index < -0.39 is 0 Å². The van der Waals surface area contributed by atoms with Gasteiger partial charge in [0.25, 0.3) is 0 Å². The predicted octanol–water partition coefficient (Wildman–Crippen LogP) is 9.23. The molecular formula is C35H40N+. The topological polar surface area (TPSA) is 3.88 Å². The first-order valence-corrected chi connectivity index (χ1v) is 13.9. The van der Waals surface area contributed by atoms with Gasteiger partial charge in [-0.3, -0.25) is 0 Å². The molecule has 4 aromatic rings. The number of fused-ring (bicyclic) bond motifs is 3. The molecule has 36 heavy (non-hydrogen) atoms. The number of hydrogen-bond donors (Lipinski definition) is 0. The van der Waals surface area contributed by atoms with Gasteiger partial charge in [-0.05, 0) is 81.0 Å². The lowest BCUT2D eigenvalue weighted by molar-refractivity contribution is -0.696. The third-order valence-electron chi connectivity index (χ3n) is 8.91. The van der Waals surface area contributed by atoms with Crippen molar-refractivity contribution in [1.29, 1.82) is 0 Å². The first-order valence-electron chi connectivity index (χ1n) is 13.9. The van der Waals surface area contributed by atoms with Gasteiger partial charge < -0.3 is 0 Å². The number of benzene rings is 3. The Morgan fingerprint density at radius 1 is 0.861 bits per heavy atom. The van der Waals surface area contributed by atoms with Crippen LogP contribution in [0.4, 0.5) is 0 Å². The summed E-state index contributed by atoms with van der Waals surface area (Å²) in [4.78, 5) is 0. The van der Waals surface area contributed by atoms with Gasteiger partial charge in [-0.25, -0.2) is 0 Å². The number of rotatable bonds is 4. The van der Waals surface area contributed by atoms with Crippen molar-refractivity contribution < 1.29 is 4.57 Å². The van der Waals surface area contributed by atoms with Crippen molar-refractivity contribution in [2.45, 2.75) is 85.6 Å². The molecule has 2 heterocycles. The van der Waals surface area contributed by atoms with Crippen molar-refractivity contribution in [2.75, 3.05) is 0 Å². The molecule has 0 radical (unpaired) electrons. The van der Waals surface area contributed by atoms with E-state index in [2.05, 4.69) is 114 Å². The zero-order valence-electron chi connectivity index (χ0n) is 23.1. The Morgan fingerprint density at radius 2 is 1.64 bits per heavy atom. The van der Waals surface area contributed by atoms with E-state index in [9.17, 15) is 0 Å². The lowest BCUT2D eigenvalue weighted by atomic mass is 9.69. The van der Waals surface area contributed by atoms with E-state index in [0.717, 1.165) is 25.8 Å². The number of aromatic nitrogens is 1. The highest BCUT2D eigenvalue weighted by molar-refractivity contribution is 6.12. The predicted molar refractivity (Wildman–Crippen MR) is 154 cm³/mol. The van der Waals surface area contributed by atoms with Crippen LogP contribution in [-0.4, -0.2) is 0 Å². The van der Waals surface area contributed by atoms with Crippen molar-refractivity contribution >= 4 is 10.8 Å². The zero-order chi connectivity index (χ0) is 25.4. The molecule has 1 nitrogen and oxygen atoms in total. The quantitative estimate of drug-likeness (QED) is 0.229. The highest BCUT2D eigenvalue weighted by Crippen LogP contribution is 2.53. The molecule has 2 aliphatic rings. The van der Waals surface area contributed by atoms with E-state index in [1.54, 1.807) is 5.56 Å². The molecule has 1 aliphatic heterocycles. The van der Waals surface area contributed by atoms with E-state index in [1.807, 2.05) is 0 Å². The monoisotopic (exact) mass is 474 g/mol. The number of pyridine rings is 1. The summed E-state index contributed by atoms with van der Waals surface area (Å²) in [6.07, 6.45) is 5.75. The summed E-state index contributed by atoms with van der Waals surface area (Å²) < 4.78 is 2.58. The third-order valence-corrected chi connectivity index (χ3v) is 8.91. The van der Waals surface area contributed by atoms with Gasteiger partial charge in [0.15, 0.2) is 12.7 Å². The fourth-order valence-electron chi connectivity index (χ4n) is 6.93. The molecule has 0 amide bonds. The molecule has 0 unspecified atom stereocenters. The molecular weight excluding hydrogens is 434 g/mol. The Hall–Kier alpha value is -2.93. The van der Waals surface area contributed by atoms with Gasteiger partial charge in [-0.2, -0.15) is 4.57 Å². The number of nitrogens with zero attached hydrogens (tertiary/aromatic N) is 1. The Balaban J connectivity index is 1.79. The molecule has 184 valence electrons. The van der Waals surface area contributed by atoms with Gasteiger partial charge in [-0.15, -0.1) is 0 Å². The molecule has 1 aromatic heterocycles. The van der Waals surface area contributed by atoms with Gasteiger partial charge in [0, 0.05) is 6.07 Å².